The van der Waals surface area contributed by atoms with Crippen molar-refractivity contribution in [1.29, 1.82) is 5.26 Å². The lowest BCUT2D eigenvalue weighted by molar-refractivity contribution is -0.124. The fourth-order valence-corrected chi connectivity index (χ4v) is 2.19. The van der Waals surface area contributed by atoms with Gasteiger partial charge in [0.15, 0.2) is 0 Å². The second-order valence-electron chi connectivity index (χ2n) is 5.02. The second-order valence-corrected chi connectivity index (χ2v) is 5.02. The van der Waals surface area contributed by atoms with Crippen molar-refractivity contribution in [3.05, 3.63) is 0 Å². The highest BCUT2D eigenvalue weighted by atomic mass is 16.2. The maximum Gasteiger partial charge on any atom is 0.238 e. The molecule has 19 heavy (non-hydrogen) atoms. The van der Waals surface area contributed by atoms with Crippen LogP contribution in [-0.4, -0.2) is 37.0 Å². The van der Waals surface area contributed by atoms with Gasteiger partial charge in [0.25, 0.3) is 0 Å². The topological polar surface area (TPSA) is 94.0 Å². The van der Waals surface area contributed by atoms with E-state index < -0.39 is 11.6 Å². The lowest BCUT2D eigenvalue weighted by Crippen LogP contribution is -2.54. The smallest absolute Gasteiger partial charge is 0.238 e. The van der Waals surface area contributed by atoms with Crippen molar-refractivity contribution in [2.75, 3.05) is 13.6 Å². The Morgan fingerprint density at radius 2 is 1.95 bits per heavy atom. The van der Waals surface area contributed by atoms with Crippen molar-refractivity contribution in [1.82, 2.24) is 16.0 Å². The van der Waals surface area contributed by atoms with Crippen LogP contribution in [0.5, 0.6) is 0 Å². The highest BCUT2D eigenvalue weighted by Crippen LogP contribution is 2.27. The fourth-order valence-electron chi connectivity index (χ4n) is 2.19. The molecule has 1 aliphatic carbocycles. The summed E-state index contributed by atoms with van der Waals surface area (Å²) in [5, 5.41) is 17.4. The van der Waals surface area contributed by atoms with Gasteiger partial charge in [-0.15, -0.1) is 0 Å². The molecule has 2 amide bonds. The first kappa shape index (κ1) is 15.4. The van der Waals surface area contributed by atoms with E-state index in [2.05, 4.69) is 22.0 Å². The molecule has 0 radical (unpaired) electrons. The molecule has 0 bridgehead atoms. The highest BCUT2D eigenvalue weighted by molar-refractivity contribution is 5.84. The summed E-state index contributed by atoms with van der Waals surface area (Å²) in [5.74, 6) is -0.403. The minimum absolute atomic E-state index is 0.0879. The van der Waals surface area contributed by atoms with E-state index in [-0.39, 0.29) is 18.4 Å². The first-order valence-electron chi connectivity index (χ1n) is 6.70. The van der Waals surface area contributed by atoms with E-state index in [0.717, 1.165) is 19.3 Å². The number of amides is 2. The van der Waals surface area contributed by atoms with Gasteiger partial charge in [-0.2, -0.15) is 5.26 Å². The quantitative estimate of drug-likeness (QED) is 0.655. The molecule has 0 heterocycles. The molecule has 0 aromatic rings. The van der Waals surface area contributed by atoms with Gasteiger partial charge in [0.05, 0.1) is 18.7 Å². The Balaban J connectivity index is 2.48. The summed E-state index contributed by atoms with van der Waals surface area (Å²) in [6.45, 7) is 1.77. The van der Waals surface area contributed by atoms with Crippen LogP contribution in [0.15, 0.2) is 0 Å². The maximum absolute atomic E-state index is 12.0. The van der Waals surface area contributed by atoms with Crippen LogP contribution in [0.4, 0.5) is 0 Å². The van der Waals surface area contributed by atoms with Gasteiger partial charge in [-0.05, 0) is 19.8 Å². The first-order chi connectivity index (χ1) is 9.03. The second kappa shape index (κ2) is 7.10. The van der Waals surface area contributed by atoms with Crippen LogP contribution in [0, 0.1) is 11.3 Å². The van der Waals surface area contributed by atoms with Gasteiger partial charge >= 0.3 is 0 Å². The molecule has 1 aliphatic rings. The van der Waals surface area contributed by atoms with Crippen LogP contribution >= 0.6 is 0 Å². The molecule has 1 rings (SSSR count). The van der Waals surface area contributed by atoms with Crippen molar-refractivity contribution < 1.29 is 9.59 Å². The lowest BCUT2D eigenvalue weighted by atomic mass is 9.82. The van der Waals surface area contributed by atoms with E-state index in [4.69, 9.17) is 0 Å². The SMILES string of the molecule is CNC(=O)CN[C@H](C)C(=O)NC1(C#N)CCCCC1. The summed E-state index contributed by atoms with van der Waals surface area (Å²) in [7, 11) is 1.54. The van der Waals surface area contributed by atoms with Crippen LogP contribution in [0.1, 0.15) is 39.0 Å². The van der Waals surface area contributed by atoms with E-state index >= 15 is 0 Å². The number of likely N-dealkylation sites (N-methyl/N-ethyl adjacent to an activating group) is 1. The van der Waals surface area contributed by atoms with E-state index in [1.165, 1.54) is 0 Å². The number of nitriles is 1. The Bertz CT molecular complexity index is 369. The molecular formula is C13H22N4O2. The molecule has 0 unspecified atom stereocenters. The summed E-state index contributed by atoms with van der Waals surface area (Å²) in [6, 6.07) is 1.74. The van der Waals surface area contributed by atoms with Crippen LogP contribution in [0.25, 0.3) is 0 Å². The molecule has 0 saturated heterocycles. The third-order valence-electron chi connectivity index (χ3n) is 3.52. The van der Waals surface area contributed by atoms with Gasteiger partial charge < -0.3 is 10.6 Å². The maximum atomic E-state index is 12.0. The normalized spacial score (nSPS) is 19.0. The molecule has 0 aliphatic heterocycles. The molecule has 1 fully saturated rings. The molecule has 6 heteroatoms. The molecule has 3 N–H and O–H groups in total. The molecule has 0 spiro atoms. The Kier molecular flexibility index (Phi) is 5.77. The van der Waals surface area contributed by atoms with Crippen molar-refractivity contribution in [2.45, 2.75) is 50.6 Å². The third-order valence-corrected chi connectivity index (χ3v) is 3.52. The van der Waals surface area contributed by atoms with Gasteiger partial charge in [-0.1, -0.05) is 19.3 Å². The van der Waals surface area contributed by atoms with Gasteiger partial charge in [-0.3, -0.25) is 14.9 Å². The van der Waals surface area contributed by atoms with Crippen LogP contribution in [-0.2, 0) is 9.59 Å². The van der Waals surface area contributed by atoms with Gasteiger partial charge in [0.1, 0.15) is 5.54 Å². The highest BCUT2D eigenvalue weighted by Gasteiger charge is 2.34. The van der Waals surface area contributed by atoms with E-state index in [1.54, 1.807) is 14.0 Å². The summed E-state index contributed by atoms with van der Waals surface area (Å²) in [4.78, 5) is 23.1. The Morgan fingerprint density at radius 3 is 2.47 bits per heavy atom. The number of hydrogen-bond acceptors (Lipinski definition) is 4. The van der Waals surface area contributed by atoms with E-state index in [1.807, 2.05) is 0 Å². The van der Waals surface area contributed by atoms with Gasteiger partial charge in [0.2, 0.25) is 11.8 Å². The molecule has 1 saturated carbocycles. The van der Waals surface area contributed by atoms with Gasteiger partial charge in [0, 0.05) is 7.05 Å². The number of nitrogens with zero attached hydrogens (tertiary/aromatic N) is 1. The predicted molar refractivity (Wildman–Crippen MR) is 71.1 cm³/mol. The number of carbonyl (C=O) groups is 2. The molecule has 106 valence electrons. The molecule has 0 aromatic carbocycles. The van der Waals surface area contributed by atoms with Gasteiger partial charge in [-0.25, -0.2) is 0 Å². The standard InChI is InChI=1S/C13H22N4O2/c1-10(16-8-11(18)15-2)12(19)17-13(9-14)6-4-3-5-7-13/h10,16H,3-8H2,1-2H3,(H,15,18)(H,17,19)/t10-/m1/s1. The number of rotatable bonds is 5. The zero-order valence-electron chi connectivity index (χ0n) is 11.6. The average Bonchev–Trinajstić information content (AvgIpc) is 2.45. The van der Waals surface area contributed by atoms with Crippen molar-refractivity contribution in [3.8, 4) is 6.07 Å². The Labute approximate surface area is 113 Å². The summed E-state index contributed by atoms with van der Waals surface area (Å²) >= 11 is 0. The minimum atomic E-state index is -0.724. The van der Waals surface area contributed by atoms with Crippen LogP contribution < -0.4 is 16.0 Å². The first-order valence-corrected chi connectivity index (χ1v) is 6.70. The zero-order chi connectivity index (χ0) is 14.3. The number of hydrogen-bond donors (Lipinski definition) is 3. The summed E-state index contributed by atoms with van der Waals surface area (Å²) < 4.78 is 0. The van der Waals surface area contributed by atoms with Crippen LogP contribution in [0.3, 0.4) is 0 Å². The average molecular weight is 266 g/mol. The Morgan fingerprint density at radius 1 is 1.32 bits per heavy atom. The van der Waals surface area contributed by atoms with Crippen LogP contribution in [0.2, 0.25) is 0 Å². The van der Waals surface area contributed by atoms with Crippen molar-refractivity contribution >= 4 is 11.8 Å². The van der Waals surface area contributed by atoms with Crippen molar-refractivity contribution in [2.24, 2.45) is 0 Å². The third kappa shape index (κ3) is 4.52. The monoisotopic (exact) mass is 266 g/mol. The molecule has 1 atom stereocenters. The number of nitrogens with one attached hydrogen (secondary N) is 3. The summed E-state index contributed by atoms with van der Waals surface area (Å²) in [6.07, 6.45) is 4.46. The predicted octanol–water partition coefficient (Wildman–Crippen LogP) is 0.0532. The zero-order valence-corrected chi connectivity index (χ0v) is 11.6. The molecule has 6 nitrogen and oxygen atoms in total. The minimum Gasteiger partial charge on any atom is -0.358 e. The summed E-state index contributed by atoms with van der Waals surface area (Å²) in [5.41, 5.74) is -0.724. The molecule has 0 aromatic heterocycles. The Hall–Kier alpha value is -1.61. The van der Waals surface area contributed by atoms with E-state index in [0.29, 0.717) is 12.8 Å². The largest absolute Gasteiger partial charge is 0.358 e. The lowest BCUT2D eigenvalue weighted by Gasteiger charge is -2.32. The fraction of sp³-hybridized carbons (Fsp3) is 0.769. The number of carbonyl (C=O) groups excluding carboxylic acids is 2. The van der Waals surface area contributed by atoms with Crippen molar-refractivity contribution in [3.63, 3.8) is 0 Å². The van der Waals surface area contributed by atoms with E-state index in [9.17, 15) is 14.9 Å². The molecular weight excluding hydrogens is 244 g/mol.